The zero-order valence-corrected chi connectivity index (χ0v) is 19.8. The summed E-state index contributed by atoms with van der Waals surface area (Å²) in [6.07, 6.45) is 4.59. The van der Waals surface area contributed by atoms with E-state index in [0.717, 1.165) is 18.4 Å². The van der Waals surface area contributed by atoms with E-state index in [1.807, 2.05) is 35.2 Å². The van der Waals surface area contributed by atoms with E-state index >= 15 is 0 Å². The molecule has 6 nitrogen and oxygen atoms in total. The quantitative estimate of drug-likeness (QED) is 0.576. The van der Waals surface area contributed by atoms with Crippen molar-refractivity contribution in [2.45, 2.75) is 42.9 Å². The minimum absolute atomic E-state index is 0.152. The van der Waals surface area contributed by atoms with Crippen LogP contribution in [-0.4, -0.2) is 51.1 Å². The first-order valence-electron chi connectivity index (χ1n) is 11.6. The average Bonchev–Trinajstić information content (AvgIpc) is 3.24. The van der Waals surface area contributed by atoms with Crippen molar-refractivity contribution in [3.63, 3.8) is 0 Å². The summed E-state index contributed by atoms with van der Waals surface area (Å²) in [5, 5.41) is 0. The molecule has 0 aliphatic carbocycles. The highest BCUT2D eigenvalue weighted by atomic mass is 32.2. The van der Waals surface area contributed by atoms with Crippen molar-refractivity contribution in [1.82, 2.24) is 4.90 Å². The fourth-order valence-electron chi connectivity index (χ4n) is 5.04. The summed E-state index contributed by atoms with van der Waals surface area (Å²) >= 11 is 0. The summed E-state index contributed by atoms with van der Waals surface area (Å²) in [4.78, 5) is 26.3. The van der Waals surface area contributed by atoms with Crippen molar-refractivity contribution in [3.8, 4) is 0 Å². The van der Waals surface area contributed by atoms with E-state index in [4.69, 9.17) is 4.74 Å². The summed E-state index contributed by atoms with van der Waals surface area (Å²) < 4.78 is 28.8. The molecule has 4 rings (SSSR count). The van der Waals surface area contributed by atoms with Crippen LogP contribution < -0.4 is 0 Å². The lowest BCUT2D eigenvalue weighted by Gasteiger charge is -2.37. The van der Waals surface area contributed by atoms with Gasteiger partial charge in [0.05, 0.1) is 17.9 Å². The predicted molar refractivity (Wildman–Crippen MR) is 125 cm³/mol. The third-order valence-electron chi connectivity index (χ3n) is 6.89. The summed E-state index contributed by atoms with van der Waals surface area (Å²) in [5.41, 5.74) is 2.31. The summed E-state index contributed by atoms with van der Waals surface area (Å²) in [7, 11) is -3.24. The standard InChI is InChI=1S/C26H31NO5S/c1-33(30,31)23-10-8-21(9-11-23)26(20-5-3-2-4-6-20)22-13-15-27(16-14-22)24(28)12-7-19-17-25(29)32-18-19/h2-6,8-11,19,22,26H,7,12-18H2,1H3/t19-,26?/m0/s1. The van der Waals surface area contributed by atoms with E-state index in [2.05, 4.69) is 12.1 Å². The number of nitrogens with zero attached hydrogens (tertiary/aromatic N) is 1. The van der Waals surface area contributed by atoms with Crippen molar-refractivity contribution in [1.29, 1.82) is 0 Å². The van der Waals surface area contributed by atoms with Crippen LogP contribution >= 0.6 is 0 Å². The van der Waals surface area contributed by atoms with Crippen LogP contribution in [0.25, 0.3) is 0 Å². The Hall–Kier alpha value is -2.67. The molecule has 33 heavy (non-hydrogen) atoms. The molecular weight excluding hydrogens is 438 g/mol. The third kappa shape index (κ3) is 5.82. The Morgan fingerprint density at radius 3 is 2.24 bits per heavy atom. The Morgan fingerprint density at radius 1 is 1.03 bits per heavy atom. The first-order chi connectivity index (χ1) is 15.8. The summed E-state index contributed by atoms with van der Waals surface area (Å²) in [5.74, 6) is 0.669. The van der Waals surface area contributed by atoms with Crippen molar-refractivity contribution in [2.75, 3.05) is 26.0 Å². The van der Waals surface area contributed by atoms with Gasteiger partial charge in [0.15, 0.2) is 9.84 Å². The predicted octanol–water partition coefficient (Wildman–Crippen LogP) is 3.80. The Morgan fingerprint density at radius 2 is 1.67 bits per heavy atom. The van der Waals surface area contributed by atoms with Gasteiger partial charge in [-0.15, -0.1) is 0 Å². The number of amides is 1. The number of carbonyl (C=O) groups is 2. The largest absolute Gasteiger partial charge is 0.465 e. The highest BCUT2D eigenvalue weighted by molar-refractivity contribution is 7.90. The van der Waals surface area contributed by atoms with Gasteiger partial charge in [-0.05, 0) is 48.4 Å². The van der Waals surface area contributed by atoms with Crippen LogP contribution in [0.5, 0.6) is 0 Å². The second-order valence-corrected chi connectivity index (χ2v) is 11.3. The maximum absolute atomic E-state index is 12.7. The Labute approximate surface area is 195 Å². The van der Waals surface area contributed by atoms with E-state index in [1.54, 1.807) is 12.1 Å². The van der Waals surface area contributed by atoms with E-state index < -0.39 is 9.84 Å². The SMILES string of the molecule is CS(=O)(=O)c1ccc(C(c2ccccc2)C2CCN(C(=O)CC[C@@H]3COC(=O)C3)CC2)cc1. The minimum atomic E-state index is -3.24. The lowest BCUT2D eigenvalue weighted by atomic mass is 9.76. The molecule has 1 unspecified atom stereocenters. The Balaban J connectivity index is 1.42. The second-order valence-electron chi connectivity index (χ2n) is 9.24. The van der Waals surface area contributed by atoms with Gasteiger partial charge in [0.1, 0.15) is 0 Å². The van der Waals surface area contributed by atoms with Gasteiger partial charge >= 0.3 is 5.97 Å². The zero-order valence-electron chi connectivity index (χ0n) is 19.0. The monoisotopic (exact) mass is 469 g/mol. The van der Waals surface area contributed by atoms with Gasteiger partial charge < -0.3 is 9.64 Å². The average molecular weight is 470 g/mol. The Kier molecular flexibility index (Phi) is 7.17. The number of hydrogen-bond donors (Lipinski definition) is 0. The highest BCUT2D eigenvalue weighted by Crippen LogP contribution is 2.38. The molecule has 2 aliphatic rings. The van der Waals surface area contributed by atoms with Crippen molar-refractivity contribution in [2.24, 2.45) is 11.8 Å². The van der Waals surface area contributed by atoms with Crippen molar-refractivity contribution in [3.05, 3.63) is 65.7 Å². The minimum Gasteiger partial charge on any atom is -0.465 e. The van der Waals surface area contributed by atoms with Crippen molar-refractivity contribution < 1.29 is 22.7 Å². The van der Waals surface area contributed by atoms with Gasteiger partial charge in [-0.2, -0.15) is 0 Å². The van der Waals surface area contributed by atoms with E-state index in [0.29, 0.717) is 49.8 Å². The second kappa shape index (κ2) is 10.1. The smallest absolute Gasteiger partial charge is 0.306 e. The molecule has 7 heteroatoms. The fourth-order valence-corrected chi connectivity index (χ4v) is 5.67. The molecule has 2 aromatic carbocycles. The molecule has 0 saturated carbocycles. The molecule has 0 N–H and O–H groups in total. The molecule has 2 heterocycles. The fraction of sp³-hybridized carbons (Fsp3) is 0.462. The normalized spacial score (nSPS) is 20.5. The zero-order chi connectivity index (χ0) is 23.4. The van der Waals surface area contributed by atoms with Gasteiger partial charge in [0.2, 0.25) is 5.91 Å². The first-order valence-corrected chi connectivity index (χ1v) is 13.5. The van der Waals surface area contributed by atoms with Gasteiger partial charge in [0.25, 0.3) is 0 Å². The van der Waals surface area contributed by atoms with Gasteiger partial charge in [-0.1, -0.05) is 42.5 Å². The maximum atomic E-state index is 12.7. The maximum Gasteiger partial charge on any atom is 0.306 e. The lowest BCUT2D eigenvalue weighted by molar-refractivity contribution is -0.138. The molecule has 1 amide bonds. The van der Waals surface area contributed by atoms with Crippen LogP contribution in [0.15, 0.2) is 59.5 Å². The third-order valence-corrected chi connectivity index (χ3v) is 8.02. The number of rotatable bonds is 7. The molecule has 0 radical (unpaired) electrons. The number of sulfone groups is 1. The molecular formula is C26H31NO5S. The van der Waals surface area contributed by atoms with Gasteiger partial charge in [0, 0.05) is 37.6 Å². The lowest BCUT2D eigenvalue weighted by Crippen LogP contribution is -2.40. The number of cyclic esters (lactones) is 1. The molecule has 2 fully saturated rings. The number of hydrogen-bond acceptors (Lipinski definition) is 5. The molecule has 176 valence electrons. The van der Waals surface area contributed by atoms with E-state index in [9.17, 15) is 18.0 Å². The number of ether oxygens (including phenoxy) is 1. The van der Waals surface area contributed by atoms with Crippen LogP contribution in [0.4, 0.5) is 0 Å². The van der Waals surface area contributed by atoms with E-state index in [1.165, 1.54) is 11.8 Å². The number of likely N-dealkylation sites (tertiary alicyclic amines) is 1. The van der Waals surface area contributed by atoms with Gasteiger partial charge in [-0.25, -0.2) is 8.42 Å². The van der Waals surface area contributed by atoms with Crippen LogP contribution in [0.3, 0.4) is 0 Å². The number of benzene rings is 2. The highest BCUT2D eigenvalue weighted by Gasteiger charge is 2.31. The van der Waals surface area contributed by atoms with Gasteiger partial charge in [-0.3, -0.25) is 9.59 Å². The molecule has 2 aromatic rings. The first kappa shape index (κ1) is 23.5. The van der Waals surface area contributed by atoms with Crippen LogP contribution in [0.1, 0.15) is 49.1 Å². The molecule has 0 spiro atoms. The number of piperidine rings is 1. The molecule has 0 bridgehead atoms. The number of esters is 1. The Bertz CT molecular complexity index is 1070. The topological polar surface area (TPSA) is 80.8 Å². The van der Waals surface area contributed by atoms with Crippen LogP contribution in [0.2, 0.25) is 0 Å². The van der Waals surface area contributed by atoms with E-state index in [-0.39, 0.29) is 23.7 Å². The molecule has 0 aromatic heterocycles. The summed E-state index contributed by atoms with van der Waals surface area (Å²) in [6, 6.07) is 17.5. The van der Waals surface area contributed by atoms with Crippen molar-refractivity contribution >= 4 is 21.7 Å². The van der Waals surface area contributed by atoms with Crippen LogP contribution in [0, 0.1) is 11.8 Å². The molecule has 2 atom stereocenters. The molecule has 2 aliphatic heterocycles. The molecule has 2 saturated heterocycles. The number of carbonyl (C=O) groups excluding carboxylic acids is 2. The van der Waals surface area contributed by atoms with Crippen LogP contribution in [-0.2, 0) is 24.2 Å². The summed E-state index contributed by atoms with van der Waals surface area (Å²) in [6.45, 7) is 1.87.